The molecule has 2 rings (SSSR count). The summed E-state index contributed by atoms with van der Waals surface area (Å²) in [6, 6.07) is 5.12. The lowest BCUT2D eigenvalue weighted by molar-refractivity contribution is 0.0950. The Morgan fingerprint density at radius 3 is 2.54 bits per heavy atom. The van der Waals surface area contributed by atoms with Crippen LogP contribution >= 0.6 is 24.0 Å². The number of hydrogen-bond donors (Lipinski definition) is 1. The lowest BCUT2D eigenvalue weighted by Crippen LogP contribution is -2.32. The molecular weight excluding hydrogens is 373 g/mol. The highest BCUT2D eigenvalue weighted by atomic mass is 35.5. The van der Waals surface area contributed by atoms with Gasteiger partial charge in [0, 0.05) is 29.7 Å². The van der Waals surface area contributed by atoms with Crippen LogP contribution in [0.15, 0.2) is 29.2 Å². The quantitative estimate of drug-likeness (QED) is 0.690. The van der Waals surface area contributed by atoms with Gasteiger partial charge in [-0.2, -0.15) is 0 Å². The number of hydrogen-bond acceptors (Lipinski definition) is 3. The van der Waals surface area contributed by atoms with Crippen molar-refractivity contribution in [2.24, 2.45) is 0 Å². The van der Waals surface area contributed by atoms with Crippen LogP contribution < -0.4 is 10.7 Å². The predicted octanol–water partition coefficient (Wildman–Crippen LogP) is 3.56. The Kier molecular flexibility index (Phi) is 9.13. The molecule has 1 aromatic heterocycles. The molecule has 7 heteroatoms. The third kappa shape index (κ3) is 5.22. The molecular formula is C19H27Cl2N3O2. The Morgan fingerprint density at radius 1 is 1.23 bits per heavy atom. The van der Waals surface area contributed by atoms with E-state index in [1.165, 1.54) is 0 Å². The van der Waals surface area contributed by atoms with Crippen molar-refractivity contribution >= 4 is 40.8 Å². The number of carbonyl (C=O) groups excluding carboxylic acids is 1. The number of aryl methyl sites for hydroxylation is 1. The van der Waals surface area contributed by atoms with E-state index in [-0.39, 0.29) is 29.3 Å². The molecule has 0 aliphatic heterocycles. The second-order valence-electron chi connectivity index (χ2n) is 5.96. The fourth-order valence-corrected chi connectivity index (χ4v) is 3.09. The summed E-state index contributed by atoms with van der Waals surface area (Å²) in [7, 11) is 0. The molecule has 0 spiro atoms. The highest BCUT2D eigenvalue weighted by Gasteiger charge is 2.15. The molecule has 1 N–H and O–H groups in total. The van der Waals surface area contributed by atoms with Gasteiger partial charge in [0.05, 0.1) is 5.52 Å². The number of aromatic nitrogens is 1. The Hall–Kier alpha value is -1.56. The third-order valence-electron chi connectivity index (χ3n) is 4.46. The molecule has 26 heavy (non-hydrogen) atoms. The summed E-state index contributed by atoms with van der Waals surface area (Å²) in [5, 5.41) is 3.95. The normalized spacial score (nSPS) is 10.8. The summed E-state index contributed by atoms with van der Waals surface area (Å²) in [6.07, 6.45) is 2.49. The average Bonchev–Trinajstić information content (AvgIpc) is 2.62. The van der Waals surface area contributed by atoms with Crippen molar-refractivity contribution in [3.8, 4) is 0 Å². The average molecular weight is 400 g/mol. The molecule has 0 aliphatic carbocycles. The minimum Gasteiger partial charge on any atom is -0.352 e. The van der Waals surface area contributed by atoms with Crippen LogP contribution in [-0.4, -0.2) is 41.6 Å². The molecule has 2 aromatic rings. The fourth-order valence-electron chi connectivity index (χ4n) is 2.93. The largest absolute Gasteiger partial charge is 0.352 e. The number of amides is 1. The summed E-state index contributed by atoms with van der Waals surface area (Å²) < 4.78 is 1.88. The van der Waals surface area contributed by atoms with Crippen LogP contribution in [-0.2, 0) is 6.54 Å². The molecule has 0 saturated heterocycles. The molecule has 0 aliphatic rings. The maximum atomic E-state index is 12.7. The topological polar surface area (TPSA) is 54.3 Å². The Bertz CT molecular complexity index is 801. The molecule has 1 amide bonds. The lowest BCUT2D eigenvalue weighted by atomic mass is 10.1. The SMILES string of the molecule is CCN(CC)CCCNC(=O)c1cn(CC)c2cc(Cl)ccc2c1=O.Cl. The highest BCUT2D eigenvalue weighted by Crippen LogP contribution is 2.17. The molecule has 144 valence electrons. The Labute approximate surface area is 165 Å². The van der Waals surface area contributed by atoms with Crippen molar-refractivity contribution in [1.82, 2.24) is 14.8 Å². The van der Waals surface area contributed by atoms with Gasteiger partial charge in [-0.1, -0.05) is 25.4 Å². The van der Waals surface area contributed by atoms with Crippen LogP contribution in [0.1, 0.15) is 37.6 Å². The van der Waals surface area contributed by atoms with Crippen molar-refractivity contribution in [1.29, 1.82) is 0 Å². The van der Waals surface area contributed by atoms with Crippen molar-refractivity contribution in [2.45, 2.75) is 33.7 Å². The molecule has 1 aromatic carbocycles. The molecule has 5 nitrogen and oxygen atoms in total. The minimum absolute atomic E-state index is 0. The van der Waals surface area contributed by atoms with Gasteiger partial charge in [-0.05, 0) is 51.2 Å². The Balaban J connectivity index is 0.00000338. The smallest absolute Gasteiger partial charge is 0.256 e. The van der Waals surface area contributed by atoms with Gasteiger partial charge >= 0.3 is 0 Å². The van der Waals surface area contributed by atoms with E-state index in [0.717, 1.165) is 31.6 Å². The van der Waals surface area contributed by atoms with Gasteiger partial charge in [0.25, 0.3) is 5.91 Å². The van der Waals surface area contributed by atoms with E-state index in [1.807, 2.05) is 11.5 Å². The first-order valence-corrected chi connectivity index (χ1v) is 9.22. The van der Waals surface area contributed by atoms with Crippen molar-refractivity contribution < 1.29 is 4.79 Å². The second kappa shape index (κ2) is 10.6. The highest BCUT2D eigenvalue weighted by molar-refractivity contribution is 6.31. The zero-order valence-corrected chi connectivity index (χ0v) is 17.1. The number of carbonyl (C=O) groups is 1. The van der Waals surface area contributed by atoms with E-state index in [9.17, 15) is 9.59 Å². The van der Waals surface area contributed by atoms with Gasteiger partial charge in [0.15, 0.2) is 0 Å². The van der Waals surface area contributed by atoms with Crippen LogP contribution in [0.25, 0.3) is 10.9 Å². The number of nitrogens with one attached hydrogen (secondary N) is 1. The maximum Gasteiger partial charge on any atom is 0.256 e. The van der Waals surface area contributed by atoms with E-state index in [1.54, 1.807) is 24.4 Å². The second-order valence-corrected chi connectivity index (χ2v) is 6.39. The first-order chi connectivity index (χ1) is 12.0. The Morgan fingerprint density at radius 2 is 1.92 bits per heavy atom. The third-order valence-corrected chi connectivity index (χ3v) is 4.69. The molecule has 0 radical (unpaired) electrons. The molecule has 1 heterocycles. The summed E-state index contributed by atoms with van der Waals surface area (Å²) in [6.45, 7) is 10.4. The number of pyridine rings is 1. The first-order valence-electron chi connectivity index (χ1n) is 8.85. The number of benzene rings is 1. The van der Waals surface area contributed by atoms with Crippen LogP contribution in [0.2, 0.25) is 5.02 Å². The monoisotopic (exact) mass is 399 g/mol. The number of nitrogens with zero attached hydrogens (tertiary/aromatic N) is 2. The summed E-state index contributed by atoms with van der Waals surface area (Å²) >= 11 is 6.04. The van der Waals surface area contributed by atoms with E-state index in [2.05, 4.69) is 24.1 Å². The van der Waals surface area contributed by atoms with Crippen LogP contribution in [0, 0.1) is 0 Å². The van der Waals surface area contributed by atoms with Crippen LogP contribution in [0.3, 0.4) is 0 Å². The standard InChI is InChI=1S/C19H26ClN3O2.ClH/c1-4-22(5-2)11-7-10-21-19(25)16-13-23(6-3)17-12-14(20)8-9-15(17)18(16)24;/h8-9,12-13H,4-7,10-11H2,1-3H3,(H,21,25);1H. The van der Waals surface area contributed by atoms with E-state index < -0.39 is 0 Å². The van der Waals surface area contributed by atoms with E-state index in [4.69, 9.17) is 11.6 Å². The fraction of sp³-hybridized carbons (Fsp3) is 0.474. The zero-order valence-electron chi connectivity index (χ0n) is 15.5. The van der Waals surface area contributed by atoms with E-state index in [0.29, 0.717) is 23.5 Å². The predicted molar refractivity (Wildman–Crippen MR) is 111 cm³/mol. The zero-order chi connectivity index (χ0) is 18.4. The van der Waals surface area contributed by atoms with Crippen LogP contribution in [0.5, 0.6) is 0 Å². The van der Waals surface area contributed by atoms with Crippen LogP contribution in [0.4, 0.5) is 0 Å². The summed E-state index contributed by atoms with van der Waals surface area (Å²) in [4.78, 5) is 27.4. The molecule has 0 saturated carbocycles. The van der Waals surface area contributed by atoms with Crippen molar-refractivity contribution in [3.63, 3.8) is 0 Å². The number of rotatable bonds is 8. The van der Waals surface area contributed by atoms with Gasteiger partial charge in [-0.25, -0.2) is 0 Å². The molecule has 0 atom stereocenters. The van der Waals surface area contributed by atoms with Gasteiger partial charge < -0.3 is 14.8 Å². The van der Waals surface area contributed by atoms with Gasteiger partial charge in [-0.3, -0.25) is 9.59 Å². The van der Waals surface area contributed by atoms with Gasteiger partial charge in [0.2, 0.25) is 5.43 Å². The summed E-state index contributed by atoms with van der Waals surface area (Å²) in [5.41, 5.74) is 0.676. The summed E-state index contributed by atoms with van der Waals surface area (Å²) in [5.74, 6) is -0.316. The number of fused-ring (bicyclic) bond motifs is 1. The molecule has 0 bridgehead atoms. The number of halogens is 2. The van der Waals surface area contributed by atoms with Gasteiger partial charge in [-0.15, -0.1) is 12.4 Å². The van der Waals surface area contributed by atoms with E-state index >= 15 is 0 Å². The van der Waals surface area contributed by atoms with Gasteiger partial charge in [0.1, 0.15) is 5.56 Å². The maximum absolute atomic E-state index is 12.7. The van der Waals surface area contributed by atoms with Crippen molar-refractivity contribution in [3.05, 3.63) is 45.2 Å². The van der Waals surface area contributed by atoms with Crippen molar-refractivity contribution in [2.75, 3.05) is 26.2 Å². The lowest BCUT2D eigenvalue weighted by Gasteiger charge is -2.17. The minimum atomic E-state index is -0.316. The molecule has 0 fully saturated rings. The molecule has 0 unspecified atom stereocenters. The first kappa shape index (κ1) is 22.5.